The maximum Gasteiger partial charge on any atom is 0.257 e. The number of hydrogen-bond acceptors (Lipinski definition) is 6. The topological polar surface area (TPSA) is 73.3 Å². The number of amides is 1. The fourth-order valence-electron chi connectivity index (χ4n) is 2.69. The summed E-state index contributed by atoms with van der Waals surface area (Å²) in [6, 6.07) is 15.3. The molecular formula is C20H21N3O3S. The van der Waals surface area contributed by atoms with Crippen LogP contribution >= 0.6 is 11.3 Å². The predicted octanol–water partition coefficient (Wildman–Crippen LogP) is 4.15. The summed E-state index contributed by atoms with van der Waals surface area (Å²) in [4.78, 5) is 12.5. The Balaban J connectivity index is 1.66. The Morgan fingerprint density at radius 3 is 2.52 bits per heavy atom. The number of carbonyl (C=O) groups is 1. The van der Waals surface area contributed by atoms with Crippen LogP contribution in [0.2, 0.25) is 0 Å². The van der Waals surface area contributed by atoms with Gasteiger partial charge in [-0.3, -0.25) is 10.1 Å². The summed E-state index contributed by atoms with van der Waals surface area (Å²) in [5.74, 6) is 1.13. The van der Waals surface area contributed by atoms with Gasteiger partial charge in [-0.25, -0.2) is 0 Å². The highest BCUT2D eigenvalue weighted by molar-refractivity contribution is 7.15. The Bertz CT molecular complexity index is 912. The van der Waals surface area contributed by atoms with Gasteiger partial charge >= 0.3 is 0 Å². The van der Waals surface area contributed by atoms with E-state index in [1.54, 1.807) is 25.3 Å². The standard InChI is InChI=1S/C20H21N3O3S/c1-13(14-7-5-4-6-8-14)11-18-22-23-20(27-18)21-19(24)15-9-10-16(25-2)17(12-15)26-3/h4-10,12-13H,11H2,1-3H3,(H,21,23,24). The first-order valence-corrected chi connectivity index (χ1v) is 9.33. The van der Waals surface area contributed by atoms with Crippen LogP contribution in [0.15, 0.2) is 48.5 Å². The quantitative estimate of drug-likeness (QED) is 0.663. The summed E-state index contributed by atoms with van der Waals surface area (Å²) in [5.41, 5.74) is 1.71. The zero-order valence-electron chi connectivity index (χ0n) is 15.4. The van der Waals surface area contributed by atoms with Crippen molar-refractivity contribution >= 4 is 22.4 Å². The maximum absolute atomic E-state index is 12.5. The van der Waals surface area contributed by atoms with Gasteiger partial charge in [0.25, 0.3) is 5.91 Å². The van der Waals surface area contributed by atoms with Crippen LogP contribution in [-0.4, -0.2) is 30.3 Å². The molecule has 2 aromatic carbocycles. The molecule has 1 aromatic heterocycles. The molecule has 0 aliphatic carbocycles. The number of hydrogen-bond donors (Lipinski definition) is 1. The van der Waals surface area contributed by atoms with Gasteiger partial charge in [-0.05, 0) is 29.7 Å². The average Bonchev–Trinajstić information content (AvgIpc) is 3.14. The molecule has 0 aliphatic rings. The molecule has 3 rings (SSSR count). The summed E-state index contributed by atoms with van der Waals surface area (Å²) in [5, 5.41) is 12.4. The number of benzene rings is 2. The minimum Gasteiger partial charge on any atom is -0.493 e. The van der Waals surface area contributed by atoms with E-state index in [2.05, 4.69) is 34.6 Å². The molecule has 0 bridgehead atoms. The Hall–Kier alpha value is -2.93. The normalized spacial score (nSPS) is 11.7. The van der Waals surface area contributed by atoms with E-state index in [9.17, 15) is 4.79 Å². The van der Waals surface area contributed by atoms with E-state index in [0.717, 1.165) is 11.4 Å². The van der Waals surface area contributed by atoms with Gasteiger partial charge in [0.2, 0.25) is 5.13 Å². The molecule has 0 aliphatic heterocycles. The second kappa shape index (κ2) is 8.64. The van der Waals surface area contributed by atoms with Crippen molar-refractivity contribution in [2.24, 2.45) is 0 Å². The molecule has 0 fully saturated rings. The maximum atomic E-state index is 12.5. The first kappa shape index (κ1) is 18.8. The van der Waals surface area contributed by atoms with Crippen molar-refractivity contribution in [2.45, 2.75) is 19.3 Å². The van der Waals surface area contributed by atoms with Crippen molar-refractivity contribution in [3.8, 4) is 11.5 Å². The lowest BCUT2D eigenvalue weighted by atomic mass is 9.98. The lowest BCUT2D eigenvalue weighted by Gasteiger charge is -2.09. The van der Waals surface area contributed by atoms with Gasteiger partial charge in [-0.15, -0.1) is 10.2 Å². The molecule has 0 spiro atoms. The highest BCUT2D eigenvalue weighted by atomic mass is 32.1. The van der Waals surface area contributed by atoms with Gasteiger partial charge in [0, 0.05) is 12.0 Å². The highest BCUT2D eigenvalue weighted by Crippen LogP contribution is 2.28. The largest absolute Gasteiger partial charge is 0.493 e. The summed E-state index contributed by atoms with van der Waals surface area (Å²) in [6.07, 6.45) is 0.772. The Labute approximate surface area is 162 Å². The lowest BCUT2D eigenvalue weighted by Crippen LogP contribution is -2.12. The predicted molar refractivity (Wildman–Crippen MR) is 106 cm³/mol. The smallest absolute Gasteiger partial charge is 0.257 e. The van der Waals surface area contributed by atoms with Crippen molar-refractivity contribution in [3.63, 3.8) is 0 Å². The highest BCUT2D eigenvalue weighted by Gasteiger charge is 2.15. The summed E-state index contributed by atoms with van der Waals surface area (Å²) in [7, 11) is 3.08. The molecule has 1 unspecified atom stereocenters. The Morgan fingerprint density at radius 1 is 1.07 bits per heavy atom. The zero-order valence-corrected chi connectivity index (χ0v) is 16.2. The third-order valence-corrected chi connectivity index (χ3v) is 5.04. The van der Waals surface area contributed by atoms with Crippen LogP contribution in [0.25, 0.3) is 0 Å². The van der Waals surface area contributed by atoms with Crippen molar-refractivity contribution < 1.29 is 14.3 Å². The van der Waals surface area contributed by atoms with Gasteiger partial charge in [0.15, 0.2) is 11.5 Å². The number of ether oxygens (including phenoxy) is 2. The van der Waals surface area contributed by atoms with E-state index in [4.69, 9.17) is 9.47 Å². The van der Waals surface area contributed by atoms with E-state index in [0.29, 0.717) is 28.1 Å². The fraction of sp³-hybridized carbons (Fsp3) is 0.250. The number of methoxy groups -OCH3 is 2. The average molecular weight is 383 g/mol. The number of nitrogens with zero attached hydrogens (tertiary/aromatic N) is 2. The first-order valence-electron chi connectivity index (χ1n) is 8.51. The molecule has 0 saturated heterocycles. The summed E-state index contributed by atoms with van der Waals surface area (Å²) >= 11 is 1.39. The van der Waals surface area contributed by atoms with Gasteiger partial charge in [-0.2, -0.15) is 0 Å². The zero-order chi connectivity index (χ0) is 19.2. The molecule has 1 amide bonds. The number of carbonyl (C=O) groups excluding carboxylic acids is 1. The molecule has 3 aromatic rings. The number of anilines is 1. The van der Waals surface area contributed by atoms with Crippen LogP contribution in [0, 0.1) is 0 Å². The molecule has 6 nitrogen and oxygen atoms in total. The molecule has 0 saturated carbocycles. The SMILES string of the molecule is COc1ccc(C(=O)Nc2nnc(CC(C)c3ccccc3)s2)cc1OC. The van der Waals surface area contributed by atoms with Crippen LogP contribution in [0.5, 0.6) is 11.5 Å². The first-order chi connectivity index (χ1) is 13.1. The van der Waals surface area contributed by atoms with E-state index in [1.165, 1.54) is 24.0 Å². The summed E-state index contributed by atoms with van der Waals surface area (Å²) in [6.45, 7) is 2.15. The van der Waals surface area contributed by atoms with Gasteiger partial charge < -0.3 is 9.47 Å². The van der Waals surface area contributed by atoms with Crippen molar-refractivity contribution in [2.75, 3.05) is 19.5 Å². The number of rotatable bonds is 7. The fourth-order valence-corrected chi connectivity index (χ4v) is 3.56. The van der Waals surface area contributed by atoms with Gasteiger partial charge in [-0.1, -0.05) is 48.6 Å². The monoisotopic (exact) mass is 383 g/mol. The molecular weight excluding hydrogens is 362 g/mol. The van der Waals surface area contributed by atoms with E-state index < -0.39 is 0 Å². The third-order valence-electron chi connectivity index (χ3n) is 4.18. The second-order valence-electron chi connectivity index (χ2n) is 6.04. The molecule has 1 N–H and O–H groups in total. The van der Waals surface area contributed by atoms with Crippen molar-refractivity contribution in [1.29, 1.82) is 0 Å². The van der Waals surface area contributed by atoms with E-state index in [1.807, 2.05) is 18.2 Å². The van der Waals surface area contributed by atoms with Crippen LogP contribution in [-0.2, 0) is 6.42 Å². The van der Waals surface area contributed by atoms with Crippen LogP contribution in [0.3, 0.4) is 0 Å². The molecule has 140 valence electrons. The Kier molecular flexibility index (Phi) is 6.03. The number of aromatic nitrogens is 2. The summed E-state index contributed by atoms with van der Waals surface area (Å²) < 4.78 is 10.4. The molecule has 27 heavy (non-hydrogen) atoms. The Morgan fingerprint density at radius 2 is 1.81 bits per heavy atom. The minimum atomic E-state index is -0.269. The van der Waals surface area contributed by atoms with Gasteiger partial charge in [0.05, 0.1) is 14.2 Å². The van der Waals surface area contributed by atoms with E-state index >= 15 is 0 Å². The third kappa shape index (κ3) is 4.62. The minimum absolute atomic E-state index is 0.269. The lowest BCUT2D eigenvalue weighted by molar-refractivity contribution is 0.102. The van der Waals surface area contributed by atoms with E-state index in [-0.39, 0.29) is 5.91 Å². The van der Waals surface area contributed by atoms with Crippen LogP contribution in [0.4, 0.5) is 5.13 Å². The van der Waals surface area contributed by atoms with Crippen molar-refractivity contribution in [1.82, 2.24) is 10.2 Å². The molecule has 7 heteroatoms. The molecule has 1 heterocycles. The van der Waals surface area contributed by atoms with Crippen LogP contribution in [0.1, 0.15) is 33.8 Å². The number of nitrogens with one attached hydrogen (secondary N) is 1. The van der Waals surface area contributed by atoms with Crippen molar-refractivity contribution in [3.05, 3.63) is 64.7 Å². The van der Waals surface area contributed by atoms with Crippen LogP contribution < -0.4 is 14.8 Å². The molecule has 0 radical (unpaired) electrons. The van der Waals surface area contributed by atoms with Gasteiger partial charge in [0.1, 0.15) is 5.01 Å². The second-order valence-corrected chi connectivity index (χ2v) is 7.10. The molecule has 1 atom stereocenters.